The minimum absolute atomic E-state index is 0.190. The van der Waals surface area contributed by atoms with E-state index >= 15 is 0 Å². The van der Waals surface area contributed by atoms with Gasteiger partial charge in [-0.15, -0.1) is 0 Å². The highest BCUT2D eigenvalue weighted by Crippen LogP contribution is 2.50. The number of hydrogen-bond donors (Lipinski definition) is 0. The van der Waals surface area contributed by atoms with Crippen molar-refractivity contribution in [3.63, 3.8) is 0 Å². The second-order valence-corrected chi connectivity index (χ2v) is 7.87. The predicted molar refractivity (Wildman–Crippen MR) is 76.0 cm³/mol. The Labute approximate surface area is 122 Å². The Morgan fingerprint density at radius 1 is 1.25 bits per heavy atom. The standard InChI is InChI=1S/C16H28O4/c1-14(2,3)12-6-8-16(9-7-12)11-15(4,19-20-16)10-13(17)18-5/h12H,6-11H2,1-5H3. The van der Waals surface area contributed by atoms with Crippen LogP contribution in [0.15, 0.2) is 0 Å². The Balaban J connectivity index is 1.94. The van der Waals surface area contributed by atoms with Gasteiger partial charge in [-0.25, -0.2) is 9.78 Å². The van der Waals surface area contributed by atoms with E-state index in [-0.39, 0.29) is 18.0 Å². The lowest BCUT2D eigenvalue weighted by Crippen LogP contribution is -2.38. The minimum atomic E-state index is -0.540. The molecule has 1 atom stereocenters. The summed E-state index contributed by atoms with van der Waals surface area (Å²) < 4.78 is 4.74. The third-order valence-corrected chi connectivity index (χ3v) is 4.98. The molecule has 1 spiro atoms. The van der Waals surface area contributed by atoms with Gasteiger partial charge in [-0.2, -0.15) is 0 Å². The first-order valence-electron chi connectivity index (χ1n) is 7.62. The number of carbonyl (C=O) groups excluding carboxylic acids is 1. The van der Waals surface area contributed by atoms with Crippen molar-refractivity contribution in [2.75, 3.05) is 7.11 Å². The van der Waals surface area contributed by atoms with Crippen LogP contribution in [0.25, 0.3) is 0 Å². The monoisotopic (exact) mass is 284 g/mol. The summed E-state index contributed by atoms with van der Waals surface area (Å²) in [5, 5.41) is 0. The molecule has 0 N–H and O–H groups in total. The van der Waals surface area contributed by atoms with Gasteiger partial charge in [0.2, 0.25) is 0 Å². The maximum atomic E-state index is 11.5. The van der Waals surface area contributed by atoms with Gasteiger partial charge in [-0.05, 0) is 43.9 Å². The fourth-order valence-electron chi connectivity index (χ4n) is 3.67. The fraction of sp³-hybridized carbons (Fsp3) is 0.938. The lowest BCUT2D eigenvalue weighted by Gasteiger charge is -2.40. The molecule has 116 valence electrons. The molecular formula is C16H28O4. The summed E-state index contributed by atoms with van der Waals surface area (Å²) in [6, 6.07) is 0. The first-order valence-corrected chi connectivity index (χ1v) is 7.62. The van der Waals surface area contributed by atoms with Crippen LogP contribution in [-0.2, 0) is 19.3 Å². The zero-order chi connectivity index (χ0) is 15.0. The Bertz CT molecular complexity index is 363. The van der Waals surface area contributed by atoms with E-state index in [0.717, 1.165) is 25.2 Å². The molecular weight excluding hydrogens is 256 g/mol. The highest BCUT2D eigenvalue weighted by atomic mass is 17.2. The molecule has 20 heavy (non-hydrogen) atoms. The lowest BCUT2D eigenvalue weighted by atomic mass is 9.66. The highest BCUT2D eigenvalue weighted by Gasteiger charge is 2.52. The number of rotatable bonds is 2. The van der Waals surface area contributed by atoms with Crippen molar-refractivity contribution in [3.8, 4) is 0 Å². The topological polar surface area (TPSA) is 44.8 Å². The SMILES string of the molecule is COC(=O)CC1(C)CC2(CCC(C(C)(C)C)CC2)OO1. The van der Waals surface area contributed by atoms with E-state index in [1.165, 1.54) is 20.0 Å². The quantitative estimate of drug-likeness (QED) is 0.573. The van der Waals surface area contributed by atoms with Gasteiger partial charge in [-0.1, -0.05) is 20.8 Å². The third-order valence-electron chi connectivity index (χ3n) is 4.98. The second-order valence-electron chi connectivity index (χ2n) is 7.87. The van der Waals surface area contributed by atoms with Crippen LogP contribution in [0.1, 0.15) is 66.2 Å². The van der Waals surface area contributed by atoms with E-state index in [4.69, 9.17) is 14.5 Å². The van der Waals surface area contributed by atoms with Gasteiger partial charge in [0.1, 0.15) is 11.2 Å². The third kappa shape index (κ3) is 3.34. The van der Waals surface area contributed by atoms with Crippen molar-refractivity contribution < 1.29 is 19.3 Å². The predicted octanol–water partition coefficient (Wildman–Crippen LogP) is 3.64. The smallest absolute Gasteiger partial charge is 0.308 e. The van der Waals surface area contributed by atoms with E-state index in [1.54, 1.807) is 0 Å². The first-order chi connectivity index (χ1) is 9.18. The Morgan fingerprint density at radius 2 is 1.85 bits per heavy atom. The average molecular weight is 284 g/mol. The van der Waals surface area contributed by atoms with E-state index in [0.29, 0.717) is 5.41 Å². The van der Waals surface area contributed by atoms with Crippen molar-refractivity contribution in [2.24, 2.45) is 11.3 Å². The summed E-state index contributed by atoms with van der Waals surface area (Å²) in [6.45, 7) is 8.86. The van der Waals surface area contributed by atoms with Crippen molar-refractivity contribution >= 4 is 5.97 Å². The van der Waals surface area contributed by atoms with Crippen LogP contribution in [-0.4, -0.2) is 24.3 Å². The molecule has 2 fully saturated rings. The molecule has 0 aromatic carbocycles. The van der Waals surface area contributed by atoms with Gasteiger partial charge in [0.25, 0.3) is 0 Å². The molecule has 0 radical (unpaired) electrons. The molecule has 4 heteroatoms. The highest BCUT2D eigenvalue weighted by molar-refractivity contribution is 5.70. The van der Waals surface area contributed by atoms with Gasteiger partial charge in [-0.3, -0.25) is 4.79 Å². The number of hydrogen-bond acceptors (Lipinski definition) is 4. The summed E-state index contributed by atoms with van der Waals surface area (Å²) in [4.78, 5) is 22.7. The lowest BCUT2D eigenvalue weighted by molar-refractivity contribution is -0.352. The molecule has 2 aliphatic rings. The van der Waals surface area contributed by atoms with E-state index < -0.39 is 5.60 Å². The molecule has 0 aromatic rings. The minimum Gasteiger partial charge on any atom is -0.469 e. The zero-order valence-corrected chi connectivity index (χ0v) is 13.5. The van der Waals surface area contributed by atoms with Crippen LogP contribution in [0.5, 0.6) is 0 Å². The van der Waals surface area contributed by atoms with Crippen molar-refractivity contribution in [1.29, 1.82) is 0 Å². The van der Waals surface area contributed by atoms with Crippen LogP contribution in [0.3, 0.4) is 0 Å². The molecule has 1 saturated heterocycles. The second kappa shape index (κ2) is 5.30. The van der Waals surface area contributed by atoms with Crippen molar-refractivity contribution in [2.45, 2.75) is 77.4 Å². The van der Waals surface area contributed by atoms with Gasteiger partial charge < -0.3 is 4.74 Å². The number of methoxy groups -OCH3 is 1. The van der Waals surface area contributed by atoms with Gasteiger partial charge >= 0.3 is 5.97 Å². The molecule has 1 unspecified atom stereocenters. The number of ether oxygens (including phenoxy) is 1. The average Bonchev–Trinajstić information content (AvgIpc) is 2.66. The normalized spacial score (nSPS) is 38.1. The Hall–Kier alpha value is -0.610. The molecule has 2 rings (SSSR count). The summed E-state index contributed by atoms with van der Waals surface area (Å²) in [6.07, 6.45) is 5.42. The Kier molecular flexibility index (Phi) is 4.18. The van der Waals surface area contributed by atoms with E-state index in [1.807, 2.05) is 6.92 Å². The summed E-state index contributed by atoms with van der Waals surface area (Å²) in [7, 11) is 1.41. The number of carbonyl (C=O) groups is 1. The molecule has 0 amide bonds. The maximum Gasteiger partial charge on any atom is 0.308 e. The van der Waals surface area contributed by atoms with Crippen molar-refractivity contribution in [1.82, 2.24) is 0 Å². The fourth-order valence-corrected chi connectivity index (χ4v) is 3.67. The van der Waals surface area contributed by atoms with Crippen LogP contribution >= 0.6 is 0 Å². The van der Waals surface area contributed by atoms with Crippen molar-refractivity contribution in [3.05, 3.63) is 0 Å². The van der Waals surface area contributed by atoms with Gasteiger partial charge in [0.15, 0.2) is 0 Å². The van der Waals surface area contributed by atoms with E-state index in [2.05, 4.69) is 20.8 Å². The maximum absolute atomic E-state index is 11.5. The zero-order valence-electron chi connectivity index (χ0n) is 13.5. The molecule has 1 heterocycles. The van der Waals surface area contributed by atoms with Crippen LogP contribution in [0, 0.1) is 11.3 Å². The largest absolute Gasteiger partial charge is 0.469 e. The Morgan fingerprint density at radius 3 is 2.35 bits per heavy atom. The first kappa shape index (κ1) is 15.8. The summed E-state index contributed by atoms with van der Waals surface area (Å²) in [5.41, 5.74) is -0.372. The summed E-state index contributed by atoms with van der Waals surface area (Å²) in [5.74, 6) is 0.501. The van der Waals surface area contributed by atoms with Crippen LogP contribution < -0.4 is 0 Å². The molecule has 4 nitrogen and oxygen atoms in total. The van der Waals surface area contributed by atoms with Gasteiger partial charge in [0, 0.05) is 6.42 Å². The number of esters is 1. The molecule has 1 aliphatic heterocycles. The van der Waals surface area contributed by atoms with Crippen LogP contribution in [0.4, 0.5) is 0 Å². The molecule has 1 saturated carbocycles. The molecule has 0 bridgehead atoms. The summed E-state index contributed by atoms with van der Waals surface area (Å²) >= 11 is 0. The van der Waals surface area contributed by atoms with Crippen LogP contribution in [0.2, 0.25) is 0 Å². The molecule has 0 aromatic heterocycles. The van der Waals surface area contributed by atoms with Gasteiger partial charge in [0.05, 0.1) is 13.5 Å². The van der Waals surface area contributed by atoms with E-state index in [9.17, 15) is 4.79 Å². The molecule has 1 aliphatic carbocycles.